The molecular weight excluding hydrogens is 330 g/mol. The maximum absolute atomic E-state index is 11.3. The molecule has 0 unspecified atom stereocenters. The van der Waals surface area contributed by atoms with Crippen LogP contribution in [-0.2, 0) is 19.6 Å². The van der Waals surface area contributed by atoms with E-state index in [1.165, 1.54) is 29.6 Å². The van der Waals surface area contributed by atoms with Crippen molar-refractivity contribution < 1.29 is 38.6 Å². The van der Waals surface area contributed by atoms with Gasteiger partial charge in [0.2, 0.25) is 15.9 Å². The number of amides is 1. The lowest BCUT2D eigenvalue weighted by molar-refractivity contribution is -0.710. The van der Waals surface area contributed by atoms with Gasteiger partial charge in [-0.3, -0.25) is 4.79 Å². The fourth-order valence-electron chi connectivity index (χ4n) is 1.22. The lowest BCUT2D eigenvalue weighted by Crippen LogP contribution is -2.84. The first kappa shape index (κ1) is 20.9. The highest BCUT2D eigenvalue weighted by Gasteiger charge is 2.07. The monoisotopic (exact) mass is 349 g/mol. The van der Waals surface area contributed by atoms with Gasteiger partial charge in [-0.1, -0.05) is 0 Å². The number of anilines is 1. The fourth-order valence-corrected chi connectivity index (χ4v) is 1.74. The molecule has 0 atom stereocenters. The number of sulfonamides is 1. The first-order valence-corrected chi connectivity index (χ1v) is 7.91. The van der Waals surface area contributed by atoms with Crippen LogP contribution in [0.1, 0.15) is 12.8 Å². The first-order valence-electron chi connectivity index (χ1n) is 6.36. The summed E-state index contributed by atoms with van der Waals surface area (Å²) in [6, 6.07) is 5.20. The molecule has 23 heavy (non-hydrogen) atoms. The third-order valence-corrected chi connectivity index (χ3v) is 3.21. The van der Waals surface area contributed by atoms with Crippen molar-refractivity contribution in [1.82, 2.24) is 0 Å². The molecular formula is C12H19N3O7S. The van der Waals surface area contributed by atoms with Crippen molar-refractivity contribution in [1.29, 1.82) is 0 Å². The molecule has 0 heterocycles. The highest BCUT2D eigenvalue weighted by atomic mass is 32.2. The second-order valence-corrected chi connectivity index (χ2v) is 5.70. The average molecular weight is 349 g/mol. The molecule has 0 aliphatic heterocycles. The summed E-state index contributed by atoms with van der Waals surface area (Å²) in [7, 11) is -3.77. The summed E-state index contributed by atoms with van der Waals surface area (Å²) in [5.74, 6) is -1.81. The molecule has 0 bridgehead atoms. The van der Waals surface area contributed by atoms with Gasteiger partial charge in [-0.25, -0.2) is 13.6 Å². The smallest absolute Gasteiger partial charge is 0.238 e. The van der Waals surface area contributed by atoms with E-state index in [0.29, 0.717) is 5.69 Å². The Hall–Kier alpha value is -2.05. The molecule has 0 radical (unpaired) electrons. The average Bonchev–Trinajstić information content (AvgIpc) is 2.46. The van der Waals surface area contributed by atoms with Gasteiger partial charge in [0.15, 0.2) is 13.5 Å². The van der Waals surface area contributed by atoms with Gasteiger partial charge in [-0.05, 0) is 30.7 Å². The van der Waals surface area contributed by atoms with Crippen molar-refractivity contribution >= 4 is 27.6 Å². The van der Waals surface area contributed by atoms with Crippen LogP contribution in [-0.4, -0.2) is 44.0 Å². The predicted molar refractivity (Wildman–Crippen MR) is 76.8 cm³/mol. The zero-order valence-electron chi connectivity index (χ0n) is 12.1. The van der Waals surface area contributed by atoms with E-state index in [9.17, 15) is 23.1 Å². The van der Waals surface area contributed by atoms with Gasteiger partial charge in [0.25, 0.3) is 0 Å². The van der Waals surface area contributed by atoms with E-state index in [1.807, 2.05) is 0 Å². The van der Waals surface area contributed by atoms with Crippen LogP contribution in [0.4, 0.5) is 5.69 Å². The Kier molecular flexibility index (Phi) is 9.69. The largest absolute Gasteiger partial charge is 0.550 e. The number of aliphatic hydroxyl groups excluding tert-OH is 2. The van der Waals surface area contributed by atoms with Crippen molar-refractivity contribution in [2.45, 2.75) is 17.7 Å². The second-order valence-electron chi connectivity index (χ2n) is 4.14. The number of primary sulfonamides is 1. The molecule has 0 aliphatic carbocycles. The van der Waals surface area contributed by atoms with Gasteiger partial charge < -0.3 is 30.7 Å². The van der Waals surface area contributed by atoms with Crippen LogP contribution in [0.15, 0.2) is 29.2 Å². The third-order valence-electron chi connectivity index (χ3n) is 2.28. The van der Waals surface area contributed by atoms with Gasteiger partial charge in [0.05, 0.1) is 4.90 Å². The van der Waals surface area contributed by atoms with Crippen molar-refractivity contribution in [3.05, 3.63) is 24.3 Å². The second kappa shape index (κ2) is 10.6. The van der Waals surface area contributed by atoms with Gasteiger partial charge in [0, 0.05) is 18.1 Å². The summed E-state index contributed by atoms with van der Waals surface area (Å²) in [6.07, 6.45) is -0.583. The number of carboxylic acids is 1. The SMILES string of the molecule is NS(=O)(=O)c1ccc(NC(=O)CCC(=O)[O-])cc1.OC[NH2+]CO. The summed E-state index contributed by atoms with van der Waals surface area (Å²) in [5, 5.41) is 34.5. The summed E-state index contributed by atoms with van der Waals surface area (Å²) in [4.78, 5) is 21.3. The molecule has 0 saturated heterocycles. The zero-order chi connectivity index (χ0) is 17.9. The number of nitrogens with one attached hydrogen (secondary N) is 1. The molecule has 0 fully saturated rings. The normalized spacial score (nSPS) is 10.4. The van der Waals surface area contributed by atoms with E-state index in [1.54, 1.807) is 0 Å². The minimum Gasteiger partial charge on any atom is -0.550 e. The van der Waals surface area contributed by atoms with Crippen molar-refractivity contribution in [3.63, 3.8) is 0 Å². The van der Waals surface area contributed by atoms with Gasteiger partial charge in [-0.2, -0.15) is 0 Å². The Bertz CT molecular complexity index is 600. The van der Waals surface area contributed by atoms with Crippen LogP contribution < -0.4 is 20.9 Å². The van der Waals surface area contributed by atoms with Crippen LogP contribution in [0, 0.1) is 0 Å². The maximum Gasteiger partial charge on any atom is 0.238 e. The Morgan fingerprint density at radius 2 is 1.65 bits per heavy atom. The lowest BCUT2D eigenvalue weighted by atomic mass is 10.2. The molecule has 130 valence electrons. The number of aliphatic hydroxyl groups is 2. The van der Waals surface area contributed by atoms with Crippen molar-refractivity contribution in [2.75, 3.05) is 18.8 Å². The highest BCUT2D eigenvalue weighted by molar-refractivity contribution is 7.89. The van der Waals surface area contributed by atoms with E-state index < -0.39 is 21.9 Å². The number of carbonyl (C=O) groups excluding carboxylic acids is 2. The molecule has 1 rings (SSSR count). The molecule has 0 aromatic heterocycles. The van der Waals surface area contributed by atoms with E-state index in [0.717, 1.165) is 0 Å². The molecule has 1 aromatic carbocycles. The Labute approximate surface area is 133 Å². The summed E-state index contributed by atoms with van der Waals surface area (Å²) in [6.45, 7) is -0.0625. The molecule has 10 nitrogen and oxygen atoms in total. The maximum atomic E-state index is 11.3. The van der Waals surface area contributed by atoms with Crippen LogP contribution >= 0.6 is 0 Å². The number of quaternary nitrogens is 1. The molecule has 1 aromatic rings. The number of carbonyl (C=O) groups is 2. The molecule has 0 saturated carbocycles. The number of carboxylic acid groups (broad SMARTS) is 1. The summed E-state index contributed by atoms with van der Waals surface area (Å²) in [5.41, 5.74) is 0.353. The first-order chi connectivity index (χ1) is 10.7. The fraction of sp³-hybridized carbons (Fsp3) is 0.333. The quantitative estimate of drug-likeness (QED) is 0.313. The number of hydrogen-bond donors (Lipinski definition) is 5. The van der Waals surface area contributed by atoms with Crippen LogP contribution in [0.25, 0.3) is 0 Å². The minimum absolute atomic E-state index is 0.0312. The van der Waals surface area contributed by atoms with Gasteiger partial charge in [-0.15, -0.1) is 0 Å². The number of nitrogens with two attached hydrogens (primary N) is 2. The van der Waals surface area contributed by atoms with E-state index in [4.69, 9.17) is 15.4 Å². The molecule has 0 aliphatic rings. The molecule has 1 amide bonds. The van der Waals surface area contributed by atoms with E-state index in [2.05, 4.69) is 5.32 Å². The van der Waals surface area contributed by atoms with Crippen LogP contribution in [0.5, 0.6) is 0 Å². The van der Waals surface area contributed by atoms with Crippen molar-refractivity contribution in [2.24, 2.45) is 5.14 Å². The van der Waals surface area contributed by atoms with E-state index >= 15 is 0 Å². The Morgan fingerprint density at radius 1 is 1.13 bits per heavy atom. The number of rotatable bonds is 7. The number of aliphatic carboxylic acids is 1. The van der Waals surface area contributed by atoms with Crippen LogP contribution in [0.2, 0.25) is 0 Å². The Balaban J connectivity index is 0.000000841. The molecule has 0 spiro atoms. The molecule has 11 heteroatoms. The predicted octanol–water partition coefficient (Wildman–Crippen LogP) is -3.75. The summed E-state index contributed by atoms with van der Waals surface area (Å²) >= 11 is 0. The highest BCUT2D eigenvalue weighted by Crippen LogP contribution is 2.12. The van der Waals surface area contributed by atoms with Gasteiger partial charge >= 0.3 is 0 Å². The van der Waals surface area contributed by atoms with Gasteiger partial charge in [0.1, 0.15) is 0 Å². The van der Waals surface area contributed by atoms with Crippen molar-refractivity contribution in [3.8, 4) is 0 Å². The zero-order valence-corrected chi connectivity index (χ0v) is 13.0. The Morgan fingerprint density at radius 3 is 2.00 bits per heavy atom. The lowest BCUT2D eigenvalue weighted by Gasteiger charge is -2.06. The number of hydrogen-bond acceptors (Lipinski definition) is 7. The topological polar surface area (TPSA) is 186 Å². The number of benzene rings is 1. The standard InChI is InChI=1S/C10H12N2O5S.C2H7NO2/c11-18(16,17)8-3-1-7(2-4-8)12-9(13)5-6-10(14)15;4-1-3-2-5/h1-4H,5-6H2,(H,12,13)(H,14,15)(H2,11,16,17);3-5H,1-2H2. The minimum atomic E-state index is -3.77. The third kappa shape index (κ3) is 10.3. The molecule has 7 N–H and O–H groups in total. The van der Waals surface area contributed by atoms with Crippen LogP contribution in [0.3, 0.4) is 0 Å². The van der Waals surface area contributed by atoms with E-state index in [-0.39, 0.29) is 31.2 Å². The summed E-state index contributed by atoms with van der Waals surface area (Å²) < 4.78 is 21.9.